The third-order valence-electron chi connectivity index (χ3n) is 8.94. The third kappa shape index (κ3) is 12.4. The number of amides is 1. The van der Waals surface area contributed by atoms with Gasteiger partial charge in [-0.05, 0) is 16.7 Å². The molecule has 15 heteroatoms. The van der Waals surface area contributed by atoms with Crippen molar-refractivity contribution in [2.75, 3.05) is 13.2 Å². The van der Waals surface area contributed by atoms with Crippen molar-refractivity contribution in [2.45, 2.75) is 109 Å². The maximum Gasteiger partial charge on any atom is 0.303 e. The second kappa shape index (κ2) is 21.0. The standard InChI is InChI=1S/C41H49NO14/c1-25(43)42-34-37(53-28(4)46)36(52-27(3)45)33(24-49-26(2)44)55-41(34)56-39-38(51-22-31-18-12-7-13-19-31)35(50-21-30-16-10-6-11-17-30)32(54-40(39)47)23-48-20-29-14-8-5-9-15-29/h5-19,32-41,47H,20-24H2,1-4H3,(H,42,43)/t32-,33-,34-,35-,36-,37-,38+,39+,40+,41+/m1/s1. The zero-order valence-corrected chi connectivity index (χ0v) is 31.7. The second-order valence-electron chi connectivity index (χ2n) is 13.4. The highest BCUT2D eigenvalue weighted by Gasteiger charge is 2.55. The third-order valence-corrected chi connectivity index (χ3v) is 8.94. The van der Waals surface area contributed by atoms with Crippen LogP contribution in [-0.2, 0) is 81.6 Å². The molecule has 0 spiro atoms. The number of hydrogen-bond acceptors (Lipinski definition) is 14. The lowest BCUT2D eigenvalue weighted by Gasteiger charge is -2.49. The van der Waals surface area contributed by atoms with Crippen LogP contribution in [0.25, 0.3) is 0 Å². The second-order valence-corrected chi connectivity index (χ2v) is 13.4. The van der Waals surface area contributed by atoms with Gasteiger partial charge in [0.25, 0.3) is 0 Å². The lowest BCUT2D eigenvalue weighted by molar-refractivity contribution is -0.358. The molecule has 0 radical (unpaired) electrons. The van der Waals surface area contributed by atoms with Gasteiger partial charge in [-0.2, -0.15) is 0 Å². The van der Waals surface area contributed by atoms with Gasteiger partial charge >= 0.3 is 17.9 Å². The average molecular weight is 780 g/mol. The van der Waals surface area contributed by atoms with Crippen LogP contribution in [0.15, 0.2) is 91.0 Å². The van der Waals surface area contributed by atoms with Gasteiger partial charge in [0.15, 0.2) is 24.8 Å². The maximum atomic E-state index is 12.6. The lowest BCUT2D eigenvalue weighted by Crippen LogP contribution is -2.69. The molecule has 0 aliphatic carbocycles. The number of ether oxygens (including phenoxy) is 9. The molecule has 3 aromatic carbocycles. The van der Waals surface area contributed by atoms with Crippen LogP contribution in [0.1, 0.15) is 44.4 Å². The molecule has 302 valence electrons. The minimum atomic E-state index is -1.68. The molecular formula is C41H49NO14. The summed E-state index contributed by atoms with van der Waals surface area (Å²) in [5, 5.41) is 14.4. The van der Waals surface area contributed by atoms with Crippen molar-refractivity contribution < 1.29 is 66.9 Å². The Morgan fingerprint density at radius 1 is 0.589 bits per heavy atom. The van der Waals surface area contributed by atoms with E-state index in [1.165, 1.54) is 13.8 Å². The fourth-order valence-electron chi connectivity index (χ4n) is 6.53. The molecule has 2 N–H and O–H groups in total. The first-order valence-electron chi connectivity index (χ1n) is 18.3. The van der Waals surface area contributed by atoms with Crippen LogP contribution < -0.4 is 5.32 Å². The molecule has 2 aliphatic heterocycles. The molecule has 2 fully saturated rings. The predicted molar refractivity (Wildman–Crippen MR) is 196 cm³/mol. The van der Waals surface area contributed by atoms with Gasteiger partial charge in [0.2, 0.25) is 5.91 Å². The monoisotopic (exact) mass is 779 g/mol. The Hall–Kier alpha value is -4.74. The number of benzene rings is 3. The number of carbonyl (C=O) groups excluding carboxylic acids is 4. The molecule has 0 saturated carbocycles. The Morgan fingerprint density at radius 2 is 1.09 bits per heavy atom. The van der Waals surface area contributed by atoms with Crippen LogP contribution in [0.3, 0.4) is 0 Å². The first kappa shape index (κ1) is 42.4. The molecule has 2 aliphatic rings. The van der Waals surface area contributed by atoms with Crippen molar-refractivity contribution in [3.05, 3.63) is 108 Å². The summed E-state index contributed by atoms with van der Waals surface area (Å²) >= 11 is 0. The van der Waals surface area contributed by atoms with Crippen LogP contribution >= 0.6 is 0 Å². The molecule has 15 nitrogen and oxygen atoms in total. The molecule has 0 unspecified atom stereocenters. The summed E-state index contributed by atoms with van der Waals surface area (Å²) in [6.07, 6.45) is -11.4. The lowest BCUT2D eigenvalue weighted by atomic mass is 9.95. The zero-order chi connectivity index (χ0) is 40.0. The largest absolute Gasteiger partial charge is 0.463 e. The highest BCUT2D eigenvalue weighted by Crippen LogP contribution is 2.34. The van der Waals surface area contributed by atoms with Crippen molar-refractivity contribution in [3.8, 4) is 0 Å². The first-order valence-corrected chi connectivity index (χ1v) is 18.3. The van der Waals surface area contributed by atoms with Gasteiger partial charge in [-0.1, -0.05) is 91.0 Å². The number of rotatable bonds is 17. The number of aliphatic hydroxyl groups excluding tert-OH is 1. The molecular weight excluding hydrogens is 730 g/mol. The Labute approximate surface area is 325 Å². The number of hydrogen-bond donors (Lipinski definition) is 2. The topological polar surface area (TPSA) is 184 Å². The van der Waals surface area contributed by atoms with Crippen LogP contribution in [0.2, 0.25) is 0 Å². The molecule has 5 rings (SSSR count). The van der Waals surface area contributed by atoms with Crippen LogP contribution in [0.5, 0.6) is 0 Å². The fourth-order valence-corrected chi connectivity index (χ4v) is 6.53. The van der Waals surface area contributed by atoms with Crippen LogP contribution in [0, 0.1) is 0 Å². The van der Waals surface area contributed by atoms with Gasteiger partial charge in [0.05, 0.1) is 26.4 Å². The smallest absolute Gasteiger partial charge is 0.303 e. The fraction of sp³-hybridized carbons (Fsp3) is 0.463. The summed E-state index contributed by atoms with van der Waals surface area (Å²) in [4.78, 5) is 49.3. The van der Waals surface area contributed by atoms with E-state index in [-0.39, 0.29) is 26.4 Å². The molecule has 3 aromatic rings. The summed E-state index contributed by atoms with van der Waals surface area (Å²) < 4.78 is 54.6. The molecule has 56 heavy (non-hydrogen) atoms. The minimum Gasteiger partial charge on any atom is -0.463 e. The molecule has 1 amide bonds. The number of carbonyl (C=O) groups is 4. The van der Waals surface area contributed by atoms with Crippen molar-refractivity contribution in [2.24, 2.45) is 0 Å². The van der Waals surface area contributed by atoms with Crippen molar-refractivity contribution in [1.82, 2.24) is 5.32 Å². The van der Waals surface area contributed by atoms with E-state index in [1.807, 2.05) is 91.0 Å². The normalized spacial score (nSPS) is 27.4. The summed E-state index contributed by atoms with van der Waals surface area (Å²) in [5.74, 6) is -2.76. The van der Waals surface area contributed by atoms with E-state index in [9.17, 15) is 24.3 Å². The van der Waals surface area contributed by atoms with Gasteiger partial charge in [-0.3, -0.25) is 19.2 Å². The molecule has 0 aromatic heterocycles. The van der Waals surface area contributed by atoms with Crippen LogP contribution in [0.4, 0.5) is 0 Å². The number of esters is 3. The Balaban J connectivity index is 1.51. The van der Waals surface area contributed by atoms with E-state index in [0.29, 0.717) is 0 Å². The van der Waals surface area contributed by atoms with E-state index in [2.05, 4.69) is 5.32 Å². The number of aliphatic hydroxyl groups is 1. The van der Waals surface area contributed by atoms with Gasteiger partial charge in [-0.25, -0.2) is 0 Å². The van der Waals surface area contributed by atoms with E-state index in [1.54, 1.807) is 0 Å². The van der Waals surface area contributed by atoms with Crippen molar-refractivity contribution >= 4 is 23.8 Å². The van der Waals surface area contributed by atoms with Gasteiger partial charge in [0.1, 0.15) is 43.2 Å². The van der Waals surface area contributed by atoms with E-state index < -0.39 is 91.8 Å². The highest BCUT2D eigenvalue weighted by atomic mass is 16.7. The van der Waals surface area contributed by atoms with Crippen LogP contribution in [-0.4, -0.2) is 103 Å². The Bertz CT molecular complexity index is 1700. The molecule has 10 atom stereocenters. The predicted octanol–water partition coefficient (Wildman–Crippen LogP) is 3.13. The van der Waals surface area contributed by atoms with E-state index >= 15 is 0 Å². The Morgan fingerprint density at radius 3 is 1.61 bits per heavy atom. The molecule has 2 saturated heterocycles. The van der Waals surface area contributed by atoms with Gasteiger partial charge in [-0.15, -0.1) is 0 Å². The first-order chi connectivity index (χ1) is 27.0. The van der Waals surface area contributed by atoms with Crippen molar-refractivity contribution in [1.29, 1.82) is 0 Å². The molecule has 0 bridgehead atoms. The van der Waals surface area contributed by atoms with E-state index in [4.69, 9.17) is 42.6 Å². The minimum absolute atomic E-state index is 0.000817. The quantitative estimate of drug-likeness (QED) is 0.151. The zero-order valence-electron chi connectivity index (χ0n) is 31.7. The van der Waals surface area contributed by atoms with E-state index in [0.717, 1.165) is 30.5 Å². The van der Waals surface area contributed by atoms with Gasteiger partial charge < -0.3 is 53.1 Å². The Kier molecular flexibility index (Phi) is 15.9. The average Bonchev–Trinajstić information content (AvgIpc) is 3.16. The molecule has 2 heterocycles. The van der Waals surface area contributed by atoms with Crippen molar-refractivity contribution in [3.63, 3.8) is 0 Å². The highest BCUT2D eigenvalue weighted by molar-refractivity contribution is 5.73. The summed E-state index contributed by atoms with van der Waals surface area (Å²) in [7, 11) is 0. The summed E-state index contributed by atoms with van der Waals surface area (Å²) in [6.45, 7) is 4.71. The maximum absolute atomic E-state index is 12.6. The summed E-state index contributed by atoms with van der Waals surface area (Å²) in [5.41, 5.74) is 2.61. The summed E-state index contributed by atoms with van der Waals surface area (Å²) in [6, 6.07) is 27.1. The van der Waals surface area contributed by atoms with Gasteiger partial charge in [0, 0.05) is 27.7 Å². The number of nitrogens with one attached hydrogen (secondary N) is 1. The SMILES string of the molecule is CC(=O)N[C@H]1[C@H](O[C@H]2[C@@H](OCc3ccccc3)[C@H](OCc3ccccc3)[C@@H](COCc3ccccc3)O[C@@H]2O)O[C@H](COC(C)=O)[C@@H](OC(C)=O)[C@@H]1OC(C)=O.